The van der Waals surface area contributed by atoms with E-state index < -0.39 is 6.10 Å². The Bertz CT molecular complexity index is 643. The summed E-state index contributed by atoms with van der Waals surface area (Å²) in [6, 6.07) is 7.29. The first kappa shape index (κ1) is 13.4. The van der Waals surface area contributed by atoms with Gasteiger partial charge < -0.3 is 14.8 Å². The van der Waals surface area contributed by atoms with E-state index in [1.165, 1.54) is 0 Å². The number of nitrogens with zero attached hydrogens (tertiary/aromatic N) is 2. The normalized spacial score (nSPS) is 16.3. The number of carbonyl (C=O) groups excluding carboxylic acids is 1. The fourth-order valence-electron chi connectivity index (χ4n) is 1.95. The molecule has 1 aromatic carbocycles. The van der Waals surface area contributed by atoms with Crippen molar-refractivity contribution in [3.8, 4) is 11.5 Å². The molecule has 0 radical (unpaired) electrons. The van der Waals surface area contributed by atoms with Crippen LogP contribution in [0.4, 0.5) is 0 Å². The third-order valence-corrected chi connectivity index (χ3v) is 3.08. The van der Waals surface area contributed by atoms with Gasteiger partial charge in [0.1, 0.15) is 6.61 Å². The van der Waals surface area contributed by atoms with Gasteiger partial charge >= 0.3 is 0 Å². The minimum absolute atomic E-state index is 0.197. The van der Waals surface area contributed by atoms with E-state index >= 15 is 0 Å². The van der Waals surface area contributed by atoms with Crippen molar-refractivity contribution in [3.63, 3.8) is 0 Å². The standard InChI is InChI=1S/C15H15N3O3/c1-10-6-17-11(7-16-10)8-18-15(19)14-9-20-12-4-2-3-5-13(12)21-14/h2-7,14H,8-9H2,1H3,(H,18,19)/t14-/m1/s1. The number of nitrogens with one attached hydrogen (secondary N) is 1. The van der Waals surface area contributed by atoms with Crippen molar-refractivity contribution in [2.75, 3.05) is 6.61 Å². The molecule has 3 rings (SSSR count). The molecule has 21 heavy (non-hydrogen) atoms. The highest BCUT2D eigenvalue weighted by atomic mass is 16.6. The van der Waals surface area contributed by atoms with Gasteiger partial charge in [0.2, 0.25) is 6.10 Å². The van der Waals surface area contributed by atoms with Crippen molar-refractivity contribution in [2.24, 2.45) is 0 Å². The van der Waals surface area contributed by atoms with Crippen LogP contribution >= 0.6 is 0 Å². The average molecular weight is 285 g/mol. The van der Waals surface area contributed by atoms with E-state index in [9.17, 15) is 4.79 Å². The lowest BCUT2D eigenvalue weighted by Crippen LogP contribution is -2.43. The van der Waals surface area contributed by atoms with Crippen molar-refractivity contribution < 1.29 is 14.3 Å². The molecule has 0 aliphatic carbocycles. The van der Waals surface area contributed by atoms with Crippen LogP contribution < -0.4 is 14.8 Å². The Hall–Kier alpha value is -2.63. The lowest BCUT2D eigenvalue weighted by molar-refractivity contribution is -0.130. The summed E-state index contributed by atoms with van der Waals surface area (Å²) in [6.07, 6.45) is 2.65. The first-order valence-corrected chi connectivity index (χ1v) is 6.66. The van der Waals surface area contributed by atoms with Crippen molar-refractivity contribution in [1.29, 1.82) is 0 Å². The number of hydrogen-bond donors (Lipinski definition) is 1. The number of amides is 1. The third kappa shape index (κ3) is 3.10. The van der Waals surface area contributed by atoms with Crippen molar-refractivity contribution in [2.45, 2.75) is 19.6 Å². The second kappa shape index (κ2) is 5.78. The van der Waals surface area contributed by atoms with Gasteiger partial charge in [-0.2, -0.15) is 0 Å². The second-order valence-corrected chi connectivity index (χ2v) is 4.73. The molecule has 1 aliphatic heterocycles. The van der Waals surface area contributed by atoms with E-state index in [1.54, 1.807) is 18.5 Å². The first-order chi connectivity index (χ1) is 10.2. The lowest BCUT2D eigenvalue weighted by Gasteiger charge is -2.25. The molecule has 2 aromatic rings. The van der Waals surface area contributed by atoms with Crippen molar-refractivity contribution >= 4 is 5.91 Å². The summed E-state index contributed by atoms with van der Waals surface area (Å²) in [5.41, 5.74) is 1.54. The number of hydrogen-bond acceptors (Lipinski definition) is 5. The zero-order valence-electron chi connectivity index (χ0n) is 11.6. The van der Waals surface area contributed by atoms with Crippen molar-refractivity contribution in [3.05, 3.63) is 48.0 Å². The molecule has 1 atom stereocenters. The molecule has 108 valence electrons. The summed E-state index contributed by atoms with van der Waals surface area (Å²) in [5, 5.41) is 2.77. The molecule has 0 saturated carbocycles. The molecular weight excluding hydrogens is 270 g/mol. The first-order valence-electron chi connectivity index (χ1n) is 6.66. The van der Waals surface area contributed by atoms with Gasteiger partial charge in [-0.3, -0.25) is 14.8 Å². The summed E-state index contributed by atoms with van der Waals surface area (Å²) in [5.74, 6) is 1.01. The zero-order valence-corrected chi connectivity index (χ0v) is 11.6. The number of rotatable bonds is 3. The van der Waals surface area contributed by atoms with E-state index in [4.69, 9.17) is 9.47 Å². The molecule has 0 fully saturated rings. The molecule has 0 unspecified atom stereocenters. The van der Waals surface area contributed by atoms with Crippen LogP contribution in [0.15, 0.2) is 36.7 Å². The number of aromatic nitrogens is 2. The number of benzene rings is 1. The second-order valence-electron chi connectivity index (χ2n) is 4.73. The molecule has 1 aromatic heterocycles. The van der Waals surface area contributed by atoms with Crippen molar-refractivity contribution in [1.82, 2.24) is 15.3 Å². The number of carbonyl (C=O) groups is 1. The Morgan fingerprint density at radius 3 is 2.86 bits per heavy atom. The molecule has 1 amide bonds. The Morgan fingerprint density at radius 2 is 2.10 bits per heavy atom. The van der Waals surface area contributed by atoms with Gasteiger partial charge in [-0.05, 0) is 19.1 Å². The van der Waals surface area contributed by atoms with Crippen LogP contribution in [0.25, 0.3) is 0 Å². The quantitative estimate of drug-likeness (QED) is 0.918. The minimum Gasteiger partial charge on any atom is -0.485 e. The summed E-state index contributed by atoms with van der Waals surface area (Å²) in [4.78, 5) is 20.4. The Morgan fingerprint density at radius 1 is 1.29 bits per heavy atom. The van der Waals surface area contributed by atoms with Crippen LogP contribution in [-0.2, 0) is 11.3 Å². The van der Waals surface area contributed by atoms with Gasteiger partial charge in [-0.25, -0.2) is 0 Å². The monoisotopic (exact) mass is 285 g/mol. The fourth-order valence-corrected chi connectivity index (χ4v) is 1.95. The minimum atomic E-state index is -0.654. The number of para-hydroxylation sites is 2. The average Bonchev–Trinajstić information content (AvgIpc) is 2.53. The summed E-state index contributed by atoms with van der Waals surface area (Å²) in [6.45, 7) is 2.37. The molecule has 0 spiro atoms. The van der Waals surface area contributed by atoms with Gasteiger partial charge in [0.25, 0.3) is 5.91 Å². The maximum atomic E-state index is 12.1. The highest BCUT2D eigenvalue weighted by molar-refractivity contribution is 5.81. The van der Waals surface area contributed by atoms with Gasteiger partial charge in [-0.15, -0.1) is 0 Å². The van der Waals surface area contributed by atoms with E-state index in [-0.39, 0.29) is 12.5 Å². The molecular formula is C15H15N3O3. The summed E-state index contributed by atoms with van der Waals surface area (Å²) < 4.78 is 11.1. The smallest absolute Gasteiger partial charge is 0.265 e. The maximum absolute atomic E-state index is 12.1. The summed E-state index contributed by atoms with van der Waals surface area (Å²) >= 11 is 0. The molecule has 1 N–H and O–H groups in total. The van der Waals surface area contributed by atoms with E-state index in [2.05, 4.69) is 15.3 Å². The highest BCUT2D eigenvalue weighted by Crippen LogP contribution is 2.30. The van der Waals surface area contributed by atoms with Crippen LogP contribution in [0, 0.1) is 6.92 Å². The molecule has 0 bridgehead atoms. The predicted octanol–water partition coefficient (Wildman–Crippen LogP) is 1.24. The maximum Gasteiger partial charge on any atom is 0.265 e. The van der Waals surface area contributed by atoms with Gasteiger partial charge in [-0.1, -0.05) is 12.1 Å². The number of aryl methyl sites for hydroxylation is 1. The summed E-state index contributed by atoms with van der Waals surface area (Å²) in [7, 11) is 0. The topological polar surface area (TPSA) is 73.3 Å². The molecule has 0 saturated heterocycles. The molecule has 2 heterocycles. The number of fused-ring (bicyclic) bond motifs is 1. The van der Waals surface area contributed by atoms with E-state index in [0.29, 0.717) is 23.7 Å². The van der Waals surface area contributed by atoms with Crippen LogP contribution in [-0.4, -0.2) is 28.6 Å². The molecule has 6 nitrogen and oxygen atoms in total. The Labute approximate surface area is 122 Å². The van der Waals surface area contributed by atoms with Gasteiger partial charge in [0.15, 0.2) is 11.5 Å². The fraction of sp³-hybridized carbons (Fsp3) is 0.267. The highest BCUT2D eigenvalue weighted by Gasteiger charge is 2.26. The van der Waals surface area contributed by atoms with Gasteiger partial charge in [0, 0.05) is 6.20 Å². The third-order valence-electron chi connectivity index (χ3n) is 3.08. The van der Waals surface area contributed by atoms with Crippen LogP contribution in [0.1, 0.15) is 11.4 Å². The molecule has 6 heteroatoms. The van der Waals surface area contributed by atoms with Gasteiger partial charge in [0.05, 0.1) is 24.1 Å². The number of ether oxygens (including phenoxy) is 2. The zero-order chi connectivity index (χ0) is 14.7. The van der Waals surface area contributed by atoms with E-state index in [1.807, 2.05) is 25.1 Å². The predicted molar refractivity (Wildman–Crippen MR) is 75.0 cm³/mol. The lowest BCUT2D eigenvalue weighted by atomic mass is 10.2. The van der Waals surface area contributed by atoms with Crippen LogP contribution in [0.5, 0.6) is 11.5 Å². The van der Waals surface area contributed by atoms with Crippen LogP contribution in [0.3, 0.4) is 0 Å². The SMILES string of the molecule is Cc1cnc(CNC(=O)[C@H]2COc3ccccc3O2)cn1. The Balaban J connectivity index is 1.58. The Kier molecular flexibility index (Phi) is 3.68. The largest absolute Gasteiger partial charge is 0.485 e. The molecule has 1 aliphatic rings. The van der Waals surface area contributed by atoms with E-state index in [0.717, 1.165) is 5.69 Å². The van der Waals surface area contributed by atoms with Crippen LogP contribution in [0.2, 0.25) is 0 Å².